The molecule has 2 aliphatic rings. The average molecular weight is 440 g/mol. The molecule has 0 bridgehead atoms. The Labute approximate surface area is 180 Å². The van der Waals surface area contributed by atoms with E-state index in [4.69, 9.17) is 25.8 Å². The summed E-state index contributed by atoms with van der Waals surface area (Å²) in [6.07, 6.45) is 1.91. The number of amides is 3. The fourth-order valence-electron chi connectivity index (χ4n) is 3.37. The first-order valence-electron chi connectivity index (χ1n) is 10.1. The Morgan fingerprint density at radius 1 is 1.23 bits per heavy atom. The van der Waals surface area contributed by atoms with Gasteiger partial charge in [-0.2, -0.15) is 0 Å². The first-order chi connectivity index (χ1) is 14.5. The Kier molecular flexibility index (Phi) is 7.62. The number of nitrogens with zero attached hydrogens (tertiary/aromatic N) is 1. The zero-order valence-electron chi connectivity index (χ0n) is 16.9. The highest BCUT2D eigenvalue weighted by Crippen LogP contribution is 2.39. The number of piperidine rings is 1. The number of fused-ring (bicyclic) bond motifs is 1. The molecule has 0 unspecified atom stereocenters. The van der Waals surface area contributed by atoms with Crippen molar-refractivity contribution < 1.29 is 28.6 Å². The van der Waals surface area contributed by atoms with Crippen LogP contribution >= 0.6 is 11.6 Å². The highest BCUT2D eigenvalue weighted by molar-refractivity contribution is 6.32. The van der Waals surface area contributed by atoms with Crippen LogP contribution in [0.1, 0.15) is 43.0 Å². The Morgan fingerprint density at radius 2 is 2.00 bits per heavy atom. The molecule has 0 atom stereocenters. The van der Waals surface area contributed by atoms with Crippen molar-refractivity contribution in [3.63, 3.8) is 0 Å². The summed E-state index contributed by atoms with van der Waals surface area (Å²) < 4.78 is 15.5. The number of nitrogens with one attached hydrogen (secondary N) is 2. The van der Waals surface area contributed by atoms with E-state index in [1.165, 1.54) is 6.07 Å². The largest absolute Gasteiger partial charge is 0.454 e. The lowest BCUT2D eigenvalue weighted by Crippen LogP contribution is -2.46. The van der Waals surface area contributed by atoms with Crippen molar-refractivity contribution in [2.75, 3.05) is 33.0 Å². The van der Waals surface area contributed by atoms with Crippen LogP contribution in [-0.4, -0.2) is 61.9 Å². The van der Waals surface area contributed by atoms with E-state index >= 15 is 0 Å². The van der Waals surface area contributed by atoms with E-state index in [9.17, 15) is 14.4 Å². The molecule has 0 radical (unpaired) electrons. The van der Waals surface area contributed by atoms with E-state index in [-0.39, 0.29) is 30.7 Å². The van der Waals surface area contributed by atoms with Crippen molar-refractivity contribution in [1.29, 1.82) is 0 Å². The fraction of sp³-hybridized carbons (Fsp3) is 0.550. The molecule has 2 N–H and O–H groups in total. The summed E-state index contributed by atoms with van der Waals surface area (Å²) in [5, 5.41) is 6.08. The minimum Gasteiger partial charge on any atom is -0.454 e. The predicted octanol–water partition coefficient (Wildman–Crippen LogP) is 2.32. The SMILES string of the molecule is CCOC(=O)N1CCC(NC(=O)CCCNC(=O)c2cc(Cl)c3c(c2)OCO3)CC1. The maximum Gasteiger partial charge on any atom is 0.409 e. The summed E-state index contributed by atoms with van der Waals surface area (Å²) in [7, 11) is 0. The summed E-state index contributed by atoms with van der Waals surface area (Å²) >= 11 is 6.09. The predicted molar refractivity (Wildman–Crippen MR) is 109 cm³/mol. The van der Waals surface area contributed by atoms with Gasteiger partial charge in [0.1, 0.15) is 0 Å². The third-order valence-electron chi connectivity index (χ3n) is 4.94. The molecule has 1 saturated heterocycles. The van der Waals surface area contributed by atoms with Crippen LogP contribution in [0.25, 0.3) is 0 Å². The number of halogens is 1. The topological polar surface area (TPSA) is 106 Å². The van der Waals surface area contributed by atoms with Gasteiger partial charge in [0.05, 0.1) is 11.6 Å². The highest BCUT2D eigenvalue weighted by atomic mass is 35.5. The molecule has 3 amide bonds. The number of carbonyl (C=O) groups excluding carboxylic acids is 3. The zero-order valence-corrected chi connectivity index (χ0v) is 17.6. The molecule has 0 spiro atoms. The van der Waals surface area contributed by atoms with Gasteiger partial charge in [0, 0.05) is 37.7 Å². The van der Waals surface area contributed by atoms with Gasteiger partial charge in [0.25, 0.3) is 5.91 Å². The van der Waals surface area contributed by atoms with Crippen LogP contribution in [-0.2, 0) is 9.53 Å². The molecule has 0 aliphatic carbocycles. The van der Waals surface area contributed by atoms with Crippen molar-refractivity contribution in [2.24, 2.45) is 0 Å². The van der Waals surface area contributed by atoms with Gasteiger partial charge in [-0.15, -0.1) is 0 Å². The molecule has 10 heteroatoms. The third-order valence-corrected chi connectivity index (χ3v) is 5.22. The number of ether oxygens (including phenoxy) is 3. The van der Waals surface area contributed by atoms with E-state index in [0.29, 0.717) is 74.0 Å². The molecule has 9 nitrogen and oxygen atoms in total. The number of carbonyl (C=O) groups is 3. The Bertz CT molecular complexity index is 795. The van der Waals surface area contributed by atoms with Crippen LogP contribution in [0, 0.1) is 0 Å². The molecule has 30 heavy (non-hydrogen) atoms. The minimum absolute atomic E-state index is 0.0496. The minimum atomic E-state index is -0.304. The first-order valence-corrected chi connectivity index (χ1v) is 10.4. The molecule has 2 aliphatic heterocycles. The lowest BCUT2D eigenvalue weighted by atomic mass is 10.1. The van der Waals surface area contributed by atoms with Crippen molar-refractivity contribution >= 4 is 29.5 Å². The maximum atomic E-state index is 12.3. The smallest absolute Gasteiger partial charge is 0.409 e. The summed E-state index contributed by atoms with van der Waals surface area (Å²) in [5.74, 6) is 0.533. The van der Waals surface area contributed by atoms with Gasteiger partial charge in [-0.3, -0.25) is 9.59 Å². The molecule has 0 aromatic heterocycles. The summed E-state index contributed by atoms with van der Waals surface area (Å²) in [6.45, 7) is 3.71. The van der Waals surface area contributed by atoms with E-state index in [1.807, 2.05) is 0 Å². The fourth-order valence-corrected chi connectivity index (χ4v) is 3.64. The quantitative estimate of drug-likeness (QED) is 0.631. The second-order valence-electron chi connectivity index (χ2n) is 7.08. The van der Waals surface area contributed by atoms with Crippen molar-refractivity contribution in [1.82, 2.24) is 15.5 Å². The molecule has 1 fully saturated rings. The van der Waals surface area contributed by atoms with E-state index in [1.54, 1.807) is 17.9 Å². The first kappa shape index (κ1) is 22.0. The van der Waals surface area contributed by atoms with Gasteiger partial charge in [0.15, 0.2) is 11.5 Å². The van der Waals surface area contributed by atoms with Gasteiger partial charge < -0.3 is 29.7 Å². The second-order valence-corrected chi connectivity index (χ2v) is 7.49. The Morgan fingerprint density at radius 3 is 2.73 bits per heavy atom. The Balaban J connectivity index is 1.33. The summed E-state index contributed by atoms with van der Waals surface area (Å²) in [4.78, 5) is 37.8. The van der Waals surface area contributed by atoms with E-state index in [0.717, 1.165) is 0 Å². The number of rotatable bonds is 7. The van der Waals surface area contributed by atoms with Crippen molar-refractivity contribution in [3.8, 4) is 11.5 Å². The monoisotopic (exact) mass is 439 g/mol. The molecule has 1 aromatic rings. The number of benzene rings is 1. The molecule has 0 saturated carbocycles. The normalized spacial score (nSPS) is 15.6. The van der Waals surface area contributed by atoms with Gasteiger partial charge in [0.2, 0.25) is 12.7 Å². The average Bonchev–Trinajstić information content (AvgIpc) is 3.21. The molecule has 1 aromatic carbocycles. The zero-order chi connectivity index (χ0) is 21.5. The van der Waals surface area contributed by atoms with Crippen LogP contribution < -0.4 is 20.1 Å². The number of hydrogen-bond donors (Lipinski definition) is 2. The van der Waals surface area contributed by atoms with Crippen LogP contribution in [0.5, 0.6) is 11.5 Å². The standard InChI is InChI=1S/C20H26ClN3O6/c1-2-28-20(27)24-8-5-14(6-9-24)23-17(25)4-3-7-22-19(26)13-10-15(21)18-16(11-13)29-12-30-18/h10-11,14H,2-9,12H2,1H3,(H,22,26)(H,23,25). The summed E-state index contributed by atoms with van der Waals surface area (Å²) in [5.41, 5.74) is 0.377. The summed E-state index contributed by atoms with van der Waals surface area (Å²) in [6, 6.07) is 3.16. The lowest BCUT2D eigenvalue weighted by molar-refractivity contribution is -0.122. The van der Waals surface area contributed by atoms with Gasteiger partial charge >= 0.3 is 6.09 Å². The number of hydrogen-bond acceptors (Lipinski definition) is 6. The number of likely N-dealkylation sites (tertiary alicyclic amines) is 1. The molecular weight excluding hydrogens is 414 g/mol. The maximum absolute atomic E-state index is 12.3. The van der Waals surface area contributed by atoms with E-state index in [2.05, 4.69) is 10.6 Å². The molecule has 2 heterocycles. The Hall–Kier alpha value is -2.68. The van der Waals surface area contributed by atoms with Crippen molar-refractivity contribution in [2.45, 2.75) is 38.6 Å². The van der Waals surface area contributed by atoms with Crippen LogP contribution in [0.2, 0.25) is 5.02 Å². The highest BCUT2D eigenvalue weighted by Gasteiger charge is 2.24. The van der Waals surface area contributed by atoms with Gasteiger partial charge in [-0.25, -0.2) is 4.79 Å². The molecule has 3 rings (SSSR count). The molecular formula is C20H26ClN3O6. The second kappa shape index (κ2) is 10.4. The van der Waals surface area contributed by atoms with Gasteiger partial charge in [-0.1, -0.05) is 11.6 Å². The van der Waals surface area contributed by atoms with Crippen LogP contribution in [0.3, 0.4) is 0 Å². The van der Waals surface area contributed by atoms with Crippen molar-refractivity contribution in [3.05, 3.63) is 22.7 Å². The van der Waals surface area contributed by atoms with Crippen LogP contribution in [0.4, 0.5) is 4.79 Å². The lowest BCUT2D eigenvalue weighted by Gasteiger charge is -2.31. The van der Waals surface area contributed by atoms with Gasteiger partial charge in [-0.05, 0) is 38.3 Å². The molecule has 164 valence electrons. The third kappa shape index (κ3) is 5.69. The van der Waals surface area contributed by atoms with Crippen LogP contribution in [0.15, 0.2) is 12.1 Å². The van der Waals surface area contributed by atoms with E-state index < -0.39 is 0 Å².